The maximum absolute atomic E-state index is 12.1. The number of aliphatic carboxylic acids is 1. The van der Waals surface area contributed by atoms with Crippen molar-refractivity contribution in [3.63, 3.8) is 0 Å². The second-order valence-corrected chi connectivity index (χ2v) is 5.43. The van der Waals surface area contributed by atoms with Gasteiger partial charge in [0, 0.05) is 6.54 Å². The molecule has 1 heterocycles. The van der Waals surface area contributed by atoms with Gasteiger partial charge in [0.2, 0.25) is 5.91 Å². The van der Waals surface area contributed by atoms with Crippen molar-refractivity contribution in [3.8, 4) is 5.75 Å². The minimum Gasteiger partial charge on any atom is -0.493 e. The fourth-order valence-electron chi connectivity index (χ4n) is 2.53. The van der Waals surface area contributed by atoms with E-state index in [1.54, 1.807) is 0 Å². The molecule has 1 N–H and O–H groups in total. The highest BCUT2D eigenvalue weighted by atomic mass is 16.5. The number of hydrogen-bond acceptors (Lipinski definition) is 3. The number of nitrogens with zero attached hydrogens (tertiary/aromatic N) is 1. The molecule has 0 aromatic heterocycles. The minimum absolute atomic E-state index is 0.149. The van der Waals surface area contributed by atoms with Crippen LogP contribution in [0.4, 0.5) is 0 Å². The SMILES string of the molecule is Cc1ccc(OCCC(=O)N2CCC[C@H]2C(=O)O)cc1C. The van der Waals surface area contributed by atoms with Gasteiger partial charge in [0.1, 0.15) is 11.8 Å². The summed E-state index contributed by atoms with van der Waals surface area (Å²) in [5, 5.41) is 9.07. The molecule has 1 saturated heterocycles. The Morgan fingerprint density at radius 1 is 1.33 bits per heavy atom. The van der Waals surface area contributed by atoms with Gasteiger partial charge in [0.25, 0.3) is 0 Å². The molecular formula is C16H21NO4. The number of benzene rings is 1. The Morgan fingerprint density at radius 3 is 2.76 bits per heavy atom. The molecule has 1 fully saturated rings. The van der Waals surface area contributed by atoms with E-state index in [-0.39, 0.29) is 18.9 Å². The van der Waals surface area contributed by atoms with Crippen LogP contribution in [0.1, 0.15) is 30.4 Å². The zero-order chi connectivity index (χ0) is 15.4. The molecule has 21 heavy (non-hydrogen) atoms. The zero-order valence-corrected chi connectivity index (χ0v) is 12.5. The third kappa shape index (κ3) is 3.74. The van der Waals surface area contributed by atoms with Crippen LogP contribution in [0.15, 0.2) is 18.2 Å². The third-order valence-electron chi connectivity index (χ3n) is 3.92. The molecule has 0 bridgehead atoms. The summed E-state index contributed by atoms with van der Waals surface area (Å²) < 4.78 is 5.57. The van der Waals surface area contributed by atoms with Crippen molar-refractivity contribution in [1.29, 1.82) is 0 Å². The topological polar surface area (TPSA) is 66.8 Å². The Hall–Kier alpha value is -2.04. The summed E-state index contributed by atoms with van der Waals surface area (Å²) in [5.41, 5.74) is 2.34. The van der Waals surface area contributed by atoms with Crippen molar-refractivity contribution in [2.24, 2.45) is 0 Å². The van der Waals surface area contributed by atoms with E-state index < -0.39 is 12.0 Å². The lowest BCUT2D eigenvalue weighted by Gasteiger charge is -2.21. The lowest BCUT2D eigenvalue weighted by Crippen LogP contribution is -2.40. The van der Waals surface area contributed by atoms with Crippen LogP contribution in [-0.4, -0.2) is 41.1 Å². The Kier molecular flexibility index (Phi) is 4.83. The lowest BCUT2D eigenvalue weighted by atomic mass is 10.1. The first-order valence-corrected chi connectivity index (χ1v) is 7.21. The summed E-state index contributed by atoms with van der Waals surface area (Å²) in [6.45, 7) is 4.83. The van der Waals surface area contributed by atoms with Gasteiger partial charge in [-0.15, -0.1) is 0 Å². The monoisotopic (exact) mass is 291 g/mol. The molecule has 0 saturated carbocycles. The number of hydrogen-bond donors (Lipinski definition) is 1. The molecule has 1 aliphatic heterocycles. The van der Waals surface area contributed by atoms with Crippen LogP contribution < -0.4 is 4.74 Å². The summed E-state index contributed by atoms with van der Waals surface area (Å²) in [6, 6.07) is 5.13. The first-order chi connectivity index (χ1) is 9.99. The highest BCUT2D eigenvalue weighted by molar-refractivity contribution is 5.84. The predicted octanol–water partition coefficient (Wildman–Crippen LogP) is 2.15. The van der Waals surface area contributed by atoms with E-state index in [0.29, 0.717) is 13.0 Å². The second-order valence-electron chi connectivity index (χ2n) is 5.43. The lowest BCUT2D eigenvalue weighted by molar-refractivity contribution is -0.148. The molecule has 0 unspecified atom stereocenters. The van der Waals surface area contributed by atoms with Crippen LogP contribution in [0.2, 0.25) is 0 Å². The molecule has 1 aromatic carbocycles. The van der Waals surface area contributed by atoms with E-state index in [0.717, 1.165) is 17.7 Å². The molecule has 1 aliphatic rings. The Balaban J connectivity index is 1.84. The standard InChI is InChI=1S/C16H21NO4/c1-11-5-6-13(10-12(11)2)21-9-7-15(18)17-8-3-4-14(17)16(19)20/h5-6,10,14H,3-4,7-9H2,1-2H3,(H,19,20)/t14-/m0/s1. The van der Waals surface area contributed by atoms with Crippen LogP contribution in [0.5, 0.6) is 5.75 Å². The fraction of sp³-hybridized carbons (Fsp3) is 0.500. The maximum atomic E-state index is 12.1. The predicted molar refractivity (Wildman–Crippen MR) is 78.4 cm³/mol. The van der Waals surface area contributed by atoms with Gasteiger partial charge in [-0.05, 0) is 49.9 Å². The number of ether oxygens (including phenoxy) is 1. The molecule has 1 aromatic rings. The van der Waals surface area contributed by atoms with Gasteiger partial charge in [-0.3, -0.25) is 4.79 Å². The molecule has 0 radical (unpaired) electrons. The maximum Gasteiger partial charge on any atom is 0.326 e. The summed E-state index contributed by atoms with van der Waals surface area (Å²) in [4.78, 5) is 24.6. The summed E-state index contributed by atoms with van der Waals surface area (Å²) in [7, 11) is 0. The average molecular weight is 291 g/mol. The Labute approximate surface area is 124 Å². The van der Waals surface area contributed by atoms with Crippen molar-refractivity contribution >= 4 is 11.9 Å². The normalized spacial score (nSPS) is 17.8. The highest BCUT2D eigenvalue weighted by Crippen LogP contribution is 2.19. The van der Waals surface area contributed by atoms with Crippen LogP contribution in [-0.2, 0) is 9.59 Å². The Bertz CT molecular complexity index is 541. The third-order valence-corrected chi connectivity index (χ3v) is 3.92. The van der Waals surface area contributed by atoms with Gasteiger partial charge >= 0.3 is 5.97 Å². The smallest absolute Gasteiger partial charge is 0.326 e. The first-order valence-electron chi connectivity index (χ1n) is 7.21. The molecule has 0 aliphatic carbocycles. The molecule has 2 rings (SSSR count). The number of carboxylic acids is 1. The van der Waals surface area contributed by atoms with Crippen molar-refractivity contribution in [2.45, 2.75) is 39.2 Å². The molecule has 5 nitrogen and oxygen atoms in total. The molecule has 1 atom stereocenters. The van der Waals surface area contributed by atoms with E-state index in [1.165, 1.54) is 10.5 Å². The zero-order valence-electron chi connectivity index (χ0n) is 12.5. The molecular weight excluding hydrogens is 270 g/mol. The van der Waals surface area contributed by atoms with E-state index in [9.17, 15) is 9.59 Å². The largest absolute Gasteiger partial charge is 0.493 e. The fourth-order valence-corrected chi connectivity index (χ4v) is 2.53. The number of carbonyl (C=O) groups is 2. The van der Waals surface area contributed by atoms with Crippen LogP contribution in [0, 0.1) is 13.8 Å². The highest BCUT2D eigenvalue weighted by Gasteiger charge is 2.33. The minimum atomic E-state index is -0.920. The van der Waals surface area contributed by atoms with E-state index >= 15 is 0 Å². The number of carbonyl (C=O) groups excluding carboxylic acids is 1. The summed E-state index contributed by atoms with van der Waals surface area (Å²) >= 11 is 0. The van der Waals surface area contributed by atoms with Gasteiger partial charge in [-0.1, -0.05) is 6.07 Å². The quantitative estimate of drug-likeness (QED) is 0.902. The number of rotatable bonds is 5. The van der Waals surface area contributed by atoms with Gasteiger partial charge in [-0.2, -0.15) is 0 Å². The average Bonchev–Trinajstić information content (AvgIpc) is 2.92. The summed E-state index contributed by atoms with van der Waals surface area (Å²) in [5.74, 6) is -0.332. The number of carboxylic acid groups (broad SMARTS) is 1. The molecule has 114 valence electrons. The van der Waals surface area contributed by atoms with Gasteiger partial charge in [0.05, 0.1) is 13.0 Å². The van der Waals surface area contributed by atoms with Gasteiger partial charge in [-0.25, -0.2) is 4.79 Å². The molecule has 1 amide bonds. The Morgan fingerprint density at radius 2 is 2.10 bits per heavy atom. The number of likely N-dealkylation sites (tertiary alicyclic amines) is 1. The first kappa shape index (κ1) is 15.4. The van der Waals surface area contributed by atoms with E-state index in [4.69, 9.17) is 9.84 Å². The summed E-state index contributed by atoms with van der Waals surface area (Å²) in [6.07, 6.45) is 1.50. The van der Waals surface area contributed by atoms with Crippen molar-refractivity contribution in [3.05, 3.63) is 29.3 Å². The van der Waals surface area contributed by atoms with Gasteiger partial charge < -0.3 is 14.7 Å². The van der Waals surface area contributed by atoms with Gasteiger partial charge in [0.15, 0.2) is 0 Å². The number of amides is 1. The van der Waals surface area contributed by atoms with E-state index in [2.05, 4.69) is 0 Å². The molecule has 0 spiro atoms. The number of aryl methyl sites for hydroxylation is 2. The van der Waals surface area contributed by atoms with Crippen LogP contribution in [0.3, 0.4) is 0 Å². The van der Waals surface area contributed by atoms with Crippen LogP contribution >= 0.6 is 0 Å². The van der Waals surface area contributed by atoms with Crippen molar-refractivity contribution < 1.29 is 19.4 Å². The molecule has 5 heteroatoms. The van der Waals surface area contributed by atoms with E-state index in [1.807, 2.05) is 32.0 Å². The van der Waals surface area contributed by atoms with Crippen molar-refractivity contribution in [1.82, 2.24) is 4.90 Å². The van der Waals surface area contributed by atoms with Crippen molar-refractivity contribution in [2.75, 3.05) is 13.2 Å². The second kappa shape index (κ2) is 6.61. The van der Waals surface area contributed by atoms with Crippen LogP contribution in [0.25, 0.3) is 0 Å².